The van der Waals surface area contributed by atoms with Gasteiger partial charge in [-0.3, -0.25) is 0 Å². The summed E-state index contributed by atoms with van der Waals surface area (Å²) in [4.78, 5) is 0. The minimum absolute atomic E-state index is 0.295. The van der Waals surface area contributed by atoms with Crippen LogP contribution in [0.15, 0.2) is 0 Å². The van der Waals surface area contributed by atoms with E-state index < -0.39 is 36.2 Å². The Kier molecular flexibility index (Phi) is 2.75. The summed E-state index contributed by atoms with van der Waals surface area (Å²) in [5.74, 6) is -1.35. The Balaban J connectivity index is 1.68. The molecule has 3 fully saturated rings. The van der Waals surface area contributed by atoms with E-state index in [0.29, 0.717) is 6.61 Å². The molecule has 0 aliphatic carbocycles. The molecule has 0 spiro atoms. The molecule has 3 heterocycles. The largest absolute Gasteiger partial charge is 0.387 e. The number of hydrogen-bond donors (Lipinski definition) is 1. The van der Waals surface area contributed by atoms with Gasteiger partial charge in [0.2, 0.25) is 0 Å². The second-order valence-electron chi connectivity index (χ2n) is 5.93. The quantitative estimate of drug-likeness (QED) is 0.735. The number of ether oxygens (including phenoxy) is 5. The Morgan fingerprint density at radius 1 is 0.944 bits per heavy atom. The summed E-state index contributed by atoms with van der Waals surface area (Å²) in [6.45, 7) is 7.68. The van der Waals surface area contributed by atoms with E-state index in [1.54, 1.807) is 13.8 Å². The molecule has 0 saturated carbocycles. The van der Waals surface area contributed by atoms with Crippen molar-refractivity contribution >= 4 is 0 Å². The molecule has 6 heteroatoms. The van der Waals surface area contributed by atoms with Crippen LogP contribution in [0.3, 0.4) is 0 Å². The predicted molar refractivity (Wildman–Crippen MR) is 59.6 cm³/mol. The van der Waals surface area contributed by atoms with Crippen LogP contribution < -0.4 is 0 Å². The second kappa shape index (κ2) is 3.88. The Morgan fingerprint density at radius 2 is 1.67 bits per heavy atom. The highest BCUT2D eigenvalue weighted by atomic mass is 16.8. The molecular formula is C12H20O6. The van der Waals surface area contributed by atoms with Gasteiger partial charge in [-0.05, 0) is 27.7 Å². The maximum atomic E-state index is 10.3. The molecular weight excluding hydrogens is 240 g/mol. The summed E-state index contributed by atoms with van der Waals surface area (Å²) < 4.78 is 28.1. The maximum absolute atomic E-state index is 10.3. The monoisotopic (exact) mass is 260 g/mol. The van der Waals surface area contributed by atoms with Crippen molar-refractivity contribution < 1.29 is 28.8 Å². The van der Waals surface area contributed by atoms with Crippen molar-refractivity contribution in [3.05, 3.63) is 0 Å². The van der Waals surface area contributed by atoms with Gasteiger partial charge in [0.25, 0.3) is 0 Å². The van der Waals surface area contributed by atoms with Gasteiger partial charge in [-0.2, -0.15) is 0 Å². The highest BCUT2D eigenvalue weighted by molar-refractivity contribution is 4.97. The van der Waals surface area contributed by atoms with E-state index in [2.05, 4.69) is 0 Å². The minimum Gasteiger partial charge on any atom is -0.387 e. The average molecular weight is 260 g/mol. The van der Waals surface area contributed by atoms with Gasteiger partial charge in [-0.1, -0.05) is 0 Å². The van der Waals surface area contributed by atoms with Crippen LogP contribution in [0, 0.1) is 0 Å². The van der Waals surface area contributed by atoms with Crippen molar-refractivity contribution in [1.29, 1.82) is 0 Å². The molecule has 3 rings (SSSR count). The van der Waals surface area contributed by atoms with Crippen molar-refractivity contribution in [3.63, 3.8) is 0 Å². The van der Waals surface area contributed by atoms with Crippen LogP contribution in [0.25, 0.3) is 0 Å². The number of aliphatic hydroxyl groups excluding tert-OH is 1. The van der Waals surface area contributed by atoms with Gasteiger partial charge >= 0.3 is 0 Å². The lowest BCUT2D eigenvalue weighted by Crippen LogP contribution is -2.42. The fourth-order valence-electron chi connectivity index (χ4n) is 2.70. The van der Waals surface area contributed by atoms with Gasteiger partial charge in [0, 0.05) is 0 Å². The molecule has 3 aliphatic rings. The van der Waals surface area contributed by atoms with Crippen LogP contribution in [0.1, 0.15) is 27.7 Å². The topological polar surface area (TPSA) is 66.4 Å². The third-order valence-corrected chi connectivity index (χ3v) is 3.45. The standard InChI is InChI=1S/C12H20O6/c1-11(2)14-5-6(16-11)8-7(13)9-10(15-8)18-12(3,4)17-9/h6-10,13H,5H2,1-4H3/t6?,7?,8-,9?,10-/m0/s1. The van der Waals surface area contributed by atoms with Crippen LogP contribution in [-0.2, 0) is 23.7 Å². The first-order valence-electron chi connectivity index (χ1n) is 6.28. The van der Waals surface area contributed by atoms with Gasteiger partial charge in [0.1, 0.15) is 24.4 Å². The summed E-state index contributed by atoms with van der Waals surface area (Å²) in [6.07, 6.45) is -2.53. The molecule has 0 aromatic rings. The van der Waals surface area contributed by atoms with Crippen molar-refractivity contribution in [3.8, 4) is 0 Å². The summed E-state index contributed by atoms with van der Waals surface area (Å²) in [7, 11) is 0. The van der Waals surface area contributed by atoms with E-state index in [1.807, 2.05) is 13.8 Å². The number of rotatable bonds is 1. The number of aliphatic hydroxyl groups is 1. The van der Waals surface area contributed by atoms with E-state index in [-0.39, 0.29) is 6.10 Å². The molecule has 104 valence electrons. The van der Waals surface area contributed by atoms with Crippen molar-refractivity contribution in [2.45, 2.75) is 70.0 Å². The van der Waals surface area contributed by atoms with Crippen molar-refractivity contribution in [1.82, 2.24) is 0 Å². The Morgan fingerprint density at radius 3 is 2.22 bits per heavy atom. The zero-order valence-corrected chi connectivity index (χ0v) is 11.1. The van der Waals surface area contributed by atoms with E-state index in [1.165, 1.54) is 0 Å². The molecule has 0 amide bonds. The molecule has 0 aromatic heterocycles. The van der Waals surface area contributed by atoms with E-state index >= 15 is 0 Å². The molecule has 1 N–H and O–H groups in total. The fraction of sp³-hybridized carbons (Fsp3) is 1.00. The zero-order chi connectivity index (χ0) is 13.1. The van der Waals surface area contributed by atoms with Crippen LogP contribution in [-0.4, -0.2) is 54.0 Å². The van der Waals surface area contributed by atoms with E-state index in [0.717, 1.165) is 0 Å². The molecule has 18 heavy (non-hydrogen) atoms. The van der Waals surface area contributed by atoms with Crippen molar-refractivity contribution in [2.24, 2.45) is 0 Å². The van der Waals surface area contributed by atoms with Gasteiger partial charge in [-0.15, -0.1) is 0 Å². The zero-order valence-electron chi connectivity index (χ0n) is 11.1. The fourth-order valence-corrected chi connectivity index (χ4v) is 2.70. The Bertz CT molecular complexity index is 341. The normalized spacial score (nSPS) is 49.5. The molecule has 3 unspecified atom stereocenters. The van der Waals surface area contributed by atoms with Crippen molar-refractivity contribution in [2.75, 3.05) is 6.61 Å². The van der Waals surface area contributed by atoms with Crippen LogP contribution in [0.2, 0.25) is 0 Å². The summed E-state index contributed by atoms with van der Waals surface area (Å²) >= 11 is 0. The summed E-state index contributed by atoms with van der Waals surface area (Å²) in [6, 6.07) is 0. The lowest BCUT2D eigenvalue weighted by Gasteiger charge is -2.26. The van der Waals surface area contributed by atoms with Gasteiger partial charge < -0.3 is 28.8 Å². The number of fused-ring (bicyclic) bond motifs is 1. The SMILES string of the molecule is CC1(C)OCC([C@@H]2O[C@H]3OC(C)(C)OC3C2O)O1. The first-order chi connectivity index (χ1) is 8.27. The summed E-state index contributed by atoms with van der Waals surface area (Å²) in [5, 5.41) is 10.3. The average Bonchev–Trinajstić information content (AvgIpc) is 2.81. The smallest absolute Gasteiger partial charge is 0.190 e. The highest BCUT2D eigenvalue weighted by Gasteiger charge is 2.57. The molecule has 3 saturated heterocycles. The molecule has 5 atom stereocenters. The third kappa shape index (κ3) is 2.07. The van der Waals surface area contributed by atoms with Gasteiger partial charge in [0.15, 0.2) is 17.9 Å². The van der Waals surface area contributed by atoms with Crippen LogP contribution in [0.4, 0.5) is 0 Å². The predicted octanol–water partition coefficient (Wildman–Crippen LogP) is 0.375. The lowest BCUT2D eigenvalue weighted by atomic mass is 10.1. The molecule has 3 aliphatic heterocycles. The lowest BCUT2D eigenvalue weighted by molar-refractivity contribution is -0.232. The first kappa shape index (κ1) is 12.8. The number of hydrogen-bond acceptors (Lipinski definition) is 6. The molecule has 0 radical (unpaired) electrons. The van der Waals surface area contributed by atoms with Crippen LogP contribution >= 0.6 is 0 Å². The molecule has 6 nitrogen and oxygen atoms in total. The summed E-state index contributed by atoms with van der Waals surface area (Å²) in [5.41, 5.74) is 0. The second-order valence-corrected chi connectivity index (χ2v) is 5.93. The third-order valence-electron chi connectivity index (χ3n) is 3.45. The first-order valence-corrected chi connectivity index (χ1v) is 6.28. The highest BCUT2D eigenvalue weighted by Crippen LogP contribution is 2.40. The maximum Gasteiger partial charge on any atom is 0.190 e. The van der Waals surface area contributed by atoms with E-state index in [9.17, 15) is 5.11 Å². The van der Waals surface area contributed by atoms with Gasteiger partial charge in [0.05, 0.1) is 6.61 Å². The Labute approximate surface area is 106 Å². The van der Waals surface area contributed by atoms with E-state index in [4.69, 9.17) is 23.7 Å². The Hall–Kier alpha value is -0.240. The minimum atomic E-state index is -0.765. The molecule has 0 bridgehead atoms. The molecule has 0 aromatic carbocycles. The van der Waals surface area contributed by atoms with Crippen LogP contribution in [0.5, 0.6) is 0 Å². The van der Waals surface area contributed by atoms with Gasteiger partial charge in [-0.25, -0.2) is 0 Å².